The summed E-state index contributed by atoms with van der Waals surface area (Å²) in [5, 5.41) is 0.820. The predicted octanol–water partition coefficient (Wildman–Crippen LogP) is 5.44. The minimum Gasteiger partial charge on any atom is -0.464 e. The third-order valence-electron chi connectivity index (χ3n) is 6.89. The van der Waals surface area contributed by atoms with Crippen LogP contribution in [0.2, 0.25) is 5.02 Å². The number of hydrogen-bond acceptors (Lipinski definition) is 5. The van der Waals surface area contributed by atoms with Gasteiger partial charge in [0.15, 0.2) is 5.43 Å². The predicted molar refractivity (Wildman–Crippen MR) is 149 cm³/mol. The number of carbonyl (C=O) groups excluding carboxylic acids is 2. The molecule has 0 spiro atoms. The number of ether oxygens (including phenoxy) is 1. The Morgan fingerprint density at radius 2 is 1.77 bits per heavy atom. The molecule has 4 aromatic rings. The van der Waals surface area contributed by atoms with Gasteiger partial charge in [-0.05, 0) is 60.9 Å². The molecule has 0 radical (unpaired) electrons. The van der Waals surface area contributed by atoms with Crippen LogP contribution in [0.1, 0.15) is 34.3 Å². The van der Waals surface area contributed by atoms with Gasteiger partial charge < -0.3 is 19.0 Å². The molecule has 0 saturated carbocycles. The van der Waals surface area contributed by atoms with Gasteiger partial charge in [0.25, 0.3) is 5.91 Å². The van der Waals surface area contributed by atoms with Crippen molar-refractivity contribution in [3.05, 3.63) is 117 Å². The quantitative estimate of drug-likeness (QED) is 0.271. The number of hydrogen-bond donors (Lipinski definition) is 0. The van der Waals surface area contributed by atoms with Crippen molar-refractivity contribution in [3.63, 3.8) is 0 Å². The highest BCUT2D eigenvalue weighted by atomic mass is 35.5. The van der Waals surface area contributed by atoms with E-state index in [9.17, 15) is 18.8 Å². The van der Waals surface area contributed by atoms with Gasteiger partial charge in [0.05, 0.1) is 29.9 Å². The number of para-hydroxylation sites is 1. The van der Waals surface area contributed by atoms with Crippen molar-refractivity contribution >= 4 is 34.4 Å². The second kappa shape index (κ2) is 12.4. The van der Waals surface area contributed by atoms with Crippen molar-refractivity contribution < 1.29 is 23.1 Å². The molecule has 1 unspecified atom stereocenters. The van der Waals surface area contributed by atoms with Crippen LogP contribution in [0.15, 0.2) is 88.3 Å². The van der Waals surface area contributed by atoms with Gasteiger partial charge in [-0.2, -0.15) is 0 Å². The zero-order valence-corrected chi connectivity index (χ0v) is 22.5. The molecule has 1 aromatic heterocycles. The van der Waals surface area contributed by atoms with Gasteiger partial charge in [-0.3, -0.25) is 14.4 Å². The number of fused-ring (bicyclic) bond motifs is 1. The van der Waals surface area contributed by atoms with E-state index in [1.54, 1.807) is 60.7 Å². The molecule has 206 valence electrons. The van der Waals surface area contributed by atoms with Gasteiger partial charge in [0, 0.05) is 30.3 Å². The molecule has 1 atom stereocenters. The summed E-state index contributed by atoms with van der Waals surface area (Å²) in [6.45, 7) is 0.643. The average molecular weight is 563 g/mol. The van der Waals surface area contributed by atoms with E-state index >= 15 is 0 Å². The van der Waals surface area contributed by atoms with E-state index < -0.39 is 5.82 Å². The molecular formula is C31H28ClFN2O5. The molecule has 5 rings (SSSR count). The first-order valence-corrected chi connectivity index (χ1v) is 13.4. The maximum atomic E-state index is 13.8. The minimum absolute atomic E-state index is 0.0531. The molecule has 1 saturated heterocycles. The standard InChI is InChI=1S/C31H28ClFN2O5/c32-24-6-3-5-22(15-24)31(38)35(18-26-7-4-14-39-26)19-29(36)34(16-21-10-12-25(33)13-11-21)17-23-20-40-28-9-2-1-8-27(28)30(23)37/h1-3,5-6,8-13,15,20,26H,4,7,14,16-19H2. The Labute approximate surface area is 235 Å². The number of amides is 2. The van der Waals surface area contributed by atoms with E-state index in [4.69, 9.17) is 20.8 Å². The highest BCUT2D eigenvalue weighted by molar-refractivity contribution is 6.31. The molecule has 2 heterocycles. The molecule has 1 aliphatic heterocycles. The van der Waals surface area contributed by atoms with Crippen LogP contribution in [0.5, 0.6) is 0 Å². The van der Waals surface area contributed by atoms with Crippen LogP contribution in [-0.4, -0.2) is 47.4 Å². The first-order valence-electron chi connectivity index (χ1n) is 13.1. The van der Waals surface area contributed by atoms with Crippen LogP contribution in [0.4, 0.5) is 4.39 Å². The molecule has 40 heavy (non-hydrogen) atoms. The van der Waals surface area contributed by atoms with Gasteiger partial charge in [-0.1, -0.05) is 41.9 Å². The van der Waals surface area contributed by atoms with Crippen molar-refractivity contribution in [3.8, 4) is 0 Å². The molecule has 1 aliphatic rings. The maximum Gasteiger partial charge on any atom is 0.254 e. The zero-order valence-electron chi connectivity index (χ0n) is 21.7. The smallest absolute Gasteiger partial charge is 0.254 e. The highest BCUT2D eigenvalue weighted by Crippen LogP contribution is 2.19. The average Bonchev–Trinajstić information content (AvgIpc) is 3.48. The highest BCUT2D eigenvalue weighted by Gasteiger charge is 2.28. The topological polar surface area (TPSA) is 80.1 Å². The van der Waals surface area contributed by atoms with E-state index in [0.29, 0.717) is 39.3 Å². The molecule has 0 bridgehead atoms. The summed E-state index contributed by atoms with van der Waals surface area (Å²) in [7, 11) is 0. The zero-order chi connectivity index (χ0) is 28.1. The molecule has 0 aliphatic carbocycles. The summed E-state index contributed by atoms with van der Waals surface area (Å²) in [4.78, 5) is 43.5. The molecule has 7 nitrogen and oxygen atoms in total. The molecule has 1 fully saturated rings. The van der Waals surface area contributed by atoms with E-state index in [1.165, 1.54) is 28.2 Å². The van der Waals surface area contributed by atoms with Crippen LogP contribution in [0.25, 0.3) is 11.0 Å². The summed E-state index contributed by atoms with van der Waals surface area (Å²) >= 11 is 6.13. The normalized spacial score (nSPS) is 14.8. The van der Waals surface area contributed by atoms with Crippen LogP contribution in [-0.2, 0) is 22.6 Å². The van der Waals surface area contributed by atoms with E-state index in [0.717, 1.165) is 12.8 Å². The minimum atomic E-state index is -0.397. The molecule has 0 N–H and O–H groups in total. The third kappa shape index (κ3) is 6.58. The van der Waals surface area contributed by atoms with Gasteiger partial charge in [-0.15, -0.1) is 0 Å². The van der Waals surface area contributed by atoms with Crippen LogP contribution >= 0.6 is 11.6 Å². The van der Waals surface area contributed by atoms with Crippen molar-refractivity contribution in [2.24, 2.45) is 0 Å². The lowest BCUT2D eigenvalue weighted by Crippen LogP contribution is -2.45. The van der Waals surface area contributed by atoms with Crippen molar-refractivity contribution in [1.82, 2.24) is 9.80 Å². The first kappa shape index (κ1) is 27.6. The van der Waals surface area contributed by atoms with Crippen molar-refractivity contribution in [2.75, 3.05) is 19.7 Å². The summed E-state index contributed by atoms with van der Waals surface area (Å²) in [6, 6.07) is 19.3. The summed E-state index contributed by atoms with van der Waals surface area (Å²) in [5.41, 5.74) is 1.53. The summed E-state index contributed by atoms with van der Waals surface area (Å²) in [6.07, 6.45) is 2.84. The Bertz CT molecular complexity index is 1570. The van der Waals surface area contributed by atoms with Crippen LogP contribution in [0.3, 0.4) is 0 Å². The molecule has 3 aromatic carbocycles. The SMILES string of the molecule is O=C(CN(CC1CCCO1)C(=O)c1cccc(Cl)c1)N(Cc1ccc(F)cc1)Cc1coc2ccccc2c1=O. The van der Waals surface area contributed by atoms with Gasteiger partial charge in [-0.25, -0.2) is 4.39 Å². The van der Waals surface area contributed by atoms with Crippen molar-refractivity contribution in [1.29, 1.82) is 0 Å². The van der Waals surface area contributed by atoms with E-state index in [1.807, 2.05) is 0 Å². The Hall–Kier alpha value is -4.01. The Morgan fingerprint density at radius 3 is 2.52 bits per heavy atom. The molecular weight excluding hydrogens is 535 g/mol. The summed E-state index contributed by atoms with van der Waals surface area (Å²) < 4.78 is 25.0. The molecule has 2 amide bonds. The Kier molecular flexibility index (Phi) is 8.57. The van der Waals surface area contributed by atoms with Gasteiger partial charge >= 0.3 is 0 Å². The maximum absolute atomic E-state index is 13.8. The first-order chi connectivity index (χ1) is 19.4. The second-order valence-electron chi connectivity index (χ2n) is 9.79. The van der Waals surface area contributed by atoms with Gasteiger partial charge in [0.2, 0.25) is 5.91 Å². The van der Waals surface area contributed by atoms with Gasteiger partial charge in [0.1, 0.15) is 17.9 Å². The van der Waals surface area contributed by atoms with E-state index in [2.05, 4.69) is 0 Å². The monoisotopic (exact) mass is 562 g/mol. The van der Waals surface area contributed by atoms with Crippen LogP contribution < -0.4 is 5.43 Å². The lowest BCUT2D eigenvalue weighted by molar-refractivity contribution is -0.133. The Morgan fingerprint density at radius 1 is 0.975 bits per heavy atom. The fraction of sp³-hybridized carbons (Fsp3) is 0.258. The Balaban J connectivity index is 1.44. The fourth-order valence-electron chi connectivity index (χ4n) is 4.80. The number of nitrogens with zero attached hydrogens (tertiary/aromatic N) is 2. The van der Waals surface area contributed by atoms with Crippen LogP contribution in [0, 0.1) is 5.82 Å². The number of halogens is 2. The number of rotatable bonds is 9. The van der Waals surface area contributed by atoms with E-state index in [-0.39, 0.29) is 49.5 Å². The number of benzene rings is 3. The summed E-state index contributed by atoms with van der Waals surface area (Å²) in [5.74, 6) is -1.13. The largest absolute Gasteiger partial charge is 0.464 e. The number of carbonyl (C=O) groups is 2. The molecule has 9 heteroatoms. The lowest BCUT2D eigenvalue weighted by atomic mass is 10.1. The fourth-order valence-corrected chi connectivity index (χ4v) is 4.99. The van der Waals surface area contributed by atoms with Crippen molar-refractivity contribution in [2.45, 2.75) is 32.0 Å². The second-order valence-corrected chi connectivity index (χ2v) is 10.2. The lowest BCUT2D eigenvalue weighted by Gasteiger charge is -2.29. The third-order valence-corrected chi connectivity index (χ3v) is 7.12.